The second-order valence-electron chi connectivity index (χ2n) is 12.6. The zero-order chi connectivity index (χ0) is 39.8. The molecule has 7 rings (SSSR count). The lowest BCUT2D eigenvalue weighted by Crippen LogP contribution is -2.41. The van der Waals surface area contributed by atoms with Gasteiger partial charge in [-0.25, -0.2) is 40.7 Å². The van der Waals surface area contributed by atoms with Gasteiger partial charge in [0.1, 0.15) is 12.2 Å². The van der Waals surface area contributed by atoms with Crippen molar-refractivity contribution in [2.45, 2.75) is 50.1 Å². The molecule has 4 atom stereocenters. The van der Waals surface area contributed by atoms with Crippen molar-refractivity contribution in [3.05, 3.63) is 177 Å². The third kappa shape index (κ3) is 10.4. The summed E-state index contributed by atoms with van der Waals surface area (Å²) in [4.78, 5) is 35.2. The highest BCUT2D eigenvalue weighted by atomic mass is 19.2. The Labute approximate surface area is 310 Å². The zero-order valence-corrected chi connectivity index (χ0v) is 28.6. The van der Waals surface area contributed by atoms with Crippen LogP contribution in [0.25, 0.3) is 0 Å². The molecule has 0 heterocycles. The van der Waals surface area contributed by atoms with Gasteiger partial charge in [0.15, 0.2) is 34.9 Å². The Kier molecular flexibility index (Phi) is 13.1. The van der Waals surface area contributed by atoms with Crippen LogP contribution in [0.1, 0.15) is 53.3 Å². The molecule has 0 aromatic heterocycles. The molecule has 14 heteroatoms. The SMILES string of the molecule is O=C(O)c1ccc(F)c(F)c1.O=C(O[C@H]1Cc2ccccc2C[C@H]1OC(=O)c1ccc(F)c(F)c1)c1ccc(F)c(F)c1.O[C@@H]1Cc2ccccc2C[C@@H]1O. The lowest BCUT2D eigenvalue weighted by atomic mass is 9.87. The molecule has 0 saturated heterocycles. The summed E-state index contributed by atoms with van der Waals surface area (Å²) in [5.41, 5.74) is 3.41. The number of hydrogen-bond donors (Lipinski definition) is 3. The van der Waals surface area contributed by atoms with Crippen molar-refractivity contribution >= 4 is 17.9 Å². The van der Waals surface area contributed by atoms with Crippen LogP contribution < -0.4 is 0 Å². The van der Waals surface area contributed by atoms with E-state index < -0.39 is 77.2 Å². The summed E-state index contributed by atoms with van der Waals surface area (Å²) in [6.45, 7) is 0. The maximum absolute atomic E-state index is 13.5. The fourth-order valence-corrected chi connectivity index (χ4v) is 5.85. The number of aliphatic hydroxyl groups is 2. The van der Waals surface area contributed by atoms with Gasteiger partial charge in [-0.3, -0.25) is 0 Å². The van der Waals surface area contributed by atoms with Crippen molar-refractivity contribution in [2.24, 2.45) is 0 Å². The van der Waals surface area contributed by atoms with Crippen molar-refractivity contribution in [1.29, 1.82) is 0 Å². The summed E-state index contributed by atoms with van der Waals surface area (Å²) >= 11 is 0. The molecule has 0 aliphatic heterocycles. The molecule has 286 valence electrons. The molecule has 2 aliphatic carbocycles. The number of ether oxygens (including phenoxy) is 2. The molecule has 0 amide bonds. The molecular formula is C41H32F6O8. The molecule has 0 bridgehead atoms. The van der Waals surface area contributed by atoms with E-state index in [2.05, 4.69) is 0 Å². The third-order valence-corrected chi connectivity index (χ3v) is 8.79. The van der Waals surface area contributed by atoms with Gasteiger partial charge in [-0.15, -0.1) is 0 Å². The van der Waals surface area contributed by atoms with E-state index in [0.29, 0.717) is 18.9 Å². The maximum Gasteiger partial charge on any atom is 0.338 e. The largest absolute Gasteiger partial charge is 0.478 e. The van der Waals surface area contributed by atoms with Crippen LogP contribution in [0.15, 0.2) is 103 Å². The molecule has 2 aliphatic rings. The van der Waals surface area contributed by atoms with E-state index in [0.717, 1.165) is 70.8 Å². The Morgan fingerprint density at radius 1 is 0.455 bits per heavy atom. The molecular weight excluding hydrogens is 734 g/mol. The number of benzene rings is 5. The van der Waals surface area contributed by atoms with Gasteiger partial charge in [-0.05, 0) is 76.9 Å². The van der Waals surface area contributed by atoms with Crippen molar-refractivity contribution in [3.63, 3.8) is 0 Å². The van der Waals surface area contributed by atoms with Crippen molar-refractivity contribution in [2.75, 3.05) is 0 Å². The fourth-order valence-electron chi connectivity index (χ4n) is 5.85. The van der Waals surface area contributed by atoms with E-state index in [9.17, 15) is 50.9 Å². The second-order valence-corrected chi connectivity index (χ2v) is 12.6. The first-order chi connectivity index (χ1) is 26.2. The molecule has 3 N–H and O–H groups in total. The molecule has 0 fully saturated rings. The van der Waals surface area contributed by atoms with Gasteiger partial charge in [-0.1, -0.05) is 48.5 Å². The summed E-state index contributed by atoms with van der Waals surface area (Å²) in [5.74, 6) is -9.91. The van der Waals surface area contributed by atoms with Crippen LogP contribution in [0.4, 0.5) is 26.3 Å². The number of carbonyl (C=O) groups is 3. The van der Waals surface area contributed by atoms with Gasteiger partial charge in [0.2, 0.25) is 0 Å². The van der Waals surface area contributed by atoms with E-state index in [4.69, 9.17) is 14.6 Å². The predicted octanol–water partition coefficient (Wildman–Crippen LogP) is 6.96. The Morgan fingerprint density at radius 2 is 0.764 bits per heavy atom. The van der Waals surface area contributed by atoms with Crippen LogP contribution in [0.2, 0.25) is 0 Å². The van der Waals surface area contributed by atoms with Gasteiger partial charge < -0.3 is 24.8 Å². The van der Waals surface area contributed by atoms with E-state index in [1.54, 1.807) is 12.1 Å². The zero-order valence-electron chi connectivity index (χ0n) is 28.6. The van der Waals surface area contributed by atoms with Crippen LogP contribution in [-0.4, -0.2) is 57.6 Å². The summed E-state index contributed by atoms with van der Waals surface area (Å²) in [6, 6.07) is 22.8. The standard InChI is InChI=1S/C24H16F4O4.C10H12O2.C7H4F2O2/c25-17-7-5-15(9-19(17)27)23(29)31-21-11-13-3-1-2-4-14(13)12-22(21)32-24(30)16-6-8-18(26)20(28)10-16;11-9-5-7-3-1-2-4-8(7)6-10(9)12;8-5-2-1-4(7(10)11)3-6(5)9/h1-10,21-22H,11-12H2;1-4,9-12H,5-6H2;1-3H,(H,10,11)/t21-,22+;9-,10+;. The highest BCUT2D eigenvalue weighted by Gasteiger charge is 2.35. The number of halogens is 6. The van der Waals surface area contributed by atoms with Crippen molar-refractivity contribution in [3.8, 4) is 0 Å². The molecule has 5 aromatic carbocycles. The van der Waals surface area contributed by atoms with Crippen LogP contribution in [0.3, 0.4) is 0 Å². The number of aliphatic hydroxyl groups excluding tert-OH is 2. The molecule has 0 saturated carbocycles. The molecule has 55 heavy (non-hydrogen) atoms. The lowest BCUT2D eigenvalue weighted by molar-refractivity contribution is -0.0389. The quantitative estimate of drug-likeness (QED) is 0.129. The number of rotatable bonds is 5. The Hall–Kier alpha value is -5.99. The molecule has 8 nitrogen and oxygen atoms in total. The molecule has 5 aromatic rings. The number of carboxylic acids is 1. The number of carbonyl (C=O) groups excluding carboxylic acids is 2. The van der Waals surface area contributed by atoms with Gasteiger partial charge in [-0.2, -0.15) is 0 Å². The number of aromatic carboxylic acids is 1. The average Bonchev–Trinajstić information content (AvgIpc) is 3.16. The lowest BCUT2D eigenvalue weighted by Gasteiger charge is -2.32. The minimum absolute atomic E-state index is 0.201. The predicted molar refractivity (Wildman–Crippen MR) is 184 cm³/mol. The number of carboxylic acid groups (broad SMARTS) is 1. The average molecular weight is 767 g/mol. The van der Waals surface area contributed by atoms with E-state index in [1.807, 2.05) is 36.4 Å². The van der Waals surface area contributed by atoms with Crippen LogP contribution in [0.5, 0.6) is 0 Å². The van der Waals surface area contributed by atoms with Crippen molar-refractivity contribution < 1.29 is 65.5 Å². The third-order valence-electron chi connectivity index (χ3n) is 8.79. The Morgan fingerprint density at radius 3 is 1.09 bits per heavy atom. The number of esters is 2. The summed E-state index contributed by atoms with van der Waals surface area (Å²) in [7, 11) is 0. The smallest absolute Gasteiger partial charge is 0.338 e. The van der Waals surface area contributed by atoms with Gasteiger partial charge in [0.25, 0.3) is 0 Å². The number of fused-ring (bicyclic) bond motifs is 2. The van der Waals surface area contributed by atoms with Gasteiger partial charge >= 0.3 is 17.9 Å². The highest BCUT2D eigenvalue weighted by Crippen LogP contribution is 2.28. The molecule has 0 spiro atoms. The first-order valence-corrected chi connectivity index (χ1v) is 16.7. The van der Waals surface area contributed by atoms with Gasteiger partial charge in [0.05, 0.1) is 28.9 Å². The summed E-state index contributed by atoms with van der Waals surface area (Å²) < 4.78 is 88.8. The Balaban J connectivity index is 0.000000204. The van der Waals surface area contributed by atoms with Crippen molar-refractivity contribution in [1.82, 2.24) is 0 Å². The minimum Gasteiger partial charge on any atom is -0.478 e. The minimum atomic E-state index is -1.27. The summed E-state index contributed by atoms with van der Waals surface area (Å²) in [5, 5.41) is 27.1. The maximum atomic E-state index is 13.5. The molecule has 0 unspecified atom stereocenters. The second kappa shape index (κ2) is 17.9. The van der Waals surface area contributed by atoms with Crippen LogP contribution >= 0.6 is 0 Å². The topological polar surface area (TPSA) is 130 Å². The Bertz CT molecular complexity index is 2070. The van der Waals surface area contributed by atoms with Crippen LogP contribution in [-0.2, 0) is 35.2 Å². The molecule has 0 radical (unpaired) electrons. The number of hydrogen-bond acceptors (Lipinski definition) is 7. The summed E-state index contributed by atoms with van der Waals surface area (Å²) in [6.07, 6.45) is -1.45. The monoisotopic (exact) mass is 766 g/mol. The highest BCUT2D eigenvalue weighted by molar-refractivity contribution is 5.90. The first kappa shape index (κ1) is 40.2. The fraction of sp³-hybridized carbons (Fsp3) is 0.195. The van der Waals surface area contributed by atoms with Gasteiger partial charge in [0, 0.05) is 25.7 Å². The van der Waals surface area contributed by atoms with E-state index in [-0.39, 0.29) is 29.5 Å². The van der Waals surface area contributed by atoms with E-state index >= 15 is 0 Å². The normalized spacial score (nSPS) is 18.2. The van der Waals surface area contributed by atoms with Crippen LogP contribution in [0, 0.1) is 34.9 Å². The first-order valence-electron chi connectivity index (χ1n) is 16.7. The van der Waals surface area contributed by atoms with E-state index in [1.165, 1.54) is 0 Å².